The maximum Gasteiger partial charge on any atom is 0.410 e. The first kappa shape index (κ1) is 33.4. The molecule has 41 heavy (non-hydrogen) atoms. The topological polar surface area (TPSA) is 81.8 Å². The molecule has 0 unspecified atom stereocenters. The maximum atomic E-state index is 14.6. The van der Waals surface area contributed by atoms with Crippen LogP contribution in [0.3, 0.4) is 0 Å². The number of benzene rings is 1. The highest BCUT2D eigenvalue weighted by Crippen LogP contribution is 2.31. The van der Waals surface area contributed by atoms with Gasteiger partial charge in [-0.1, -0.05) is 37.8 Å². The number of piperazine rings is 1. The zero-order valence-corrected chi connectivity index (χ0v) is 26.1. The summed E-state index contributed by atoms with van der Waals surface area (Å²) in [6.45, 7) is 19.7. The number of amides is 1. The highest BCUT2D eigenvalue weighted by molar-refractivity contribution is 7.12. The van der Waals surface area contributed by atoms with Gasteiger partial charge in [0.15, 0.2) is 0 Å². The summed E-state index contributed by atoms with van der Waals surface area (Å²) in [5.41, 5.74) is 3.43. The van der Waals surface area contributed by atoms with Crippen molar-refractivity contribution in [3.8, 4) is 6.07 Å². The van der Waals surface area contributed by atoms with E-state index in [1.807, 2.05) is 53.7 Å². The van der Waals surface area contributed by atoms with Gasteiger partial charge in [0.25, 0.3) is 0 Å². The number of hydrogen-bond acceptors (Lipinski definition) is 7. The standard InChI is InChI=1S/C25H34FN3O2.C7H8N2S/c1-8-20(21-12-10-11-13-22(21)26)23(18(3)27-9-2)19(4)28-14-16-29(17-15-28)24(30)31-25(5,6)7;1-2-3-7-9-5-6(4-8)10-7/h8-13H,2,14-17H2,1,3-7H3;5H,2-3H2,1H3/b20-8-,23-19-,27-18?;. The molecule has 9 heteroatoms. The van der Waals surface area contributed by atoms with Crippen molar-refractivity contribution in [2.45, 2.75) is 66.9 Å². The van der Waals surface area contributed by atoms with Gasteiger partial charge in [-0.2, -0.15) is 5.26 Å². The van der Waals surface area contributed by atoms with Crippen molar-refractivity contribution >= 4 is 28.7 Å². The van der Waals surface area contributed by atoms with Crippen LogP contribution in [0, 0.1) is 17.1 Å². The lowest BCUT2D eigenvalue weighted by molar-refractivity contribution is 0.0168. The molecule has 7 nitrogen and oxygen atoms in total. The number of aromatic nitrogens is 1. The summed E-state index contributed by atoms with van der Waals surface area (Å²) in [4.78, 5) is 25.5. The Labute approximate surface area is 248 Å². The number of carbonyl (C=O) groups is 1. The Morgan fingerprint density at radius 2 is 1.85 bits per heavy atom. The Kier molecular flexibility index (Phi) is 12.9. The van der Waals surface area contributed by atoms with Gasteiger partial charge in [0.2, 0.25) is 0 Å². The van der Waals surface area contributed by atoms with Gasteiger partial charge in [0.05, 0.1) is 11.2 Å². The second kappa shape index (κ2) is 15.9. The predicted octanol–water partition coefficient (Wildman–Crippen LogP) is 7.63. The van der Waals surface area contributed by atoms with Gasteiger partial charge < -0.3 is 14.5 Å². The van der Waals surface area contributed by atoms with Gasteiger partial charge in [-0.15, -0.1) is 11.3 Å². The van der Waals surface area contributed by atoms with Crippen LogP contribution in [0.5, 0.6) is 0 Å². The molecule has 0 N–H and O–H groups in total. The largest absolute Gasteiger partial charge is 0.444 e. The third-order valence-electron chi connectivity index (χ3n) is 6.26. The van der Waals surface area contributed by atoms with Crippen LogP contribution in [-0.2, 0) is 11.2 Å². The van der Waals surface area contributed by atoms with Crippen molar-refractivity contribution < 1.29 is 13.9 Å². The summed E-state index contributed by atoms with van der Waals surface area (Å²) >= 11 is 1.49. The first-order chi connectivity index (χ1) is 19.4. The number of hydrogen-bond donors (Lipinski definition) is 0. The average Bonchev–Trinajstić information content (AvgIpc) is 3.39. The molecular weight excluding hydrogens is 537 g/mol. The summed E-state index contributed by atoms with van der Waals surface area (Å²) < 4.78 is 20.1. The molecule has 0 aliphatic carbocycles. The molecular formula is C32H42FN5O2S. The molecule has 1 aromatic heterocycles. The zero-order chi connectivity index (χ0) is 30.6. The molecule has 220 valence electrons. The van der Waals surface area contributed by atoms with Crippen molar-refractivity contribution in [1.29, 1.82) is 5.26 Å². The van der Waals surface area contributed by atoms with Gasteiger partial charge in [-0.3, -0.25) is 4.99 Å². The van der Waals surface area contributed by atoms with E-state index in [9.17, 15) is 9.18 Å². The molecule has 3 rings (SSSR count). The van der Waals surface area contributed by atoms with Crippen LogP contribution < -0.4 is 0 Å². The lowest BCUT2D eigenvalue weighted by Gasteiger charge is -2.38. The summed E-state index contributed by atoms with van der Waals surface area (Å²) in [6, 6.07) is 8.81. The average molecular weight is 580 g/mol. The minimum absolute atomic E-state index is 0.276. The number of ether oxygens (including phenoxy) is 1. The highest BCUT2D eigenvalue weighted by atomic mass is 32.1. The van der Waals surface area contributed by atoms with Gasteiger partial charge in [0.1, 0.15) is 22.4 Å². The number of nitrogens with zero attached hydrogens (tertiary/aromatic N) is 5. The molecule has 0 atom stereocenters. The number of nitriles is 1. The third-order valence-corrected chi connectivity index (χ3v) is 7.23. The number of rotatable bonds is 7. The Hall–Kier alpha value is -3.77. The Morgan fingerprint density at radius 3 is 2.37 bits per heavy atom. The van der Waals surface area contributed by atoms with Crippen LogP contribution in [0.2, 0.25) is 0 Å². The Morgan fingerprint density at radius 1 is 1.22 bits per heavy atom. The van der Waals surface area contributed by atoms with E-state index in [1.54, 1.807) is 23.2 Å². The predicted molar refractivity (Wildman–Crippen MR) is 166 cm³/mol. The summed E-state index contributed by atoms with van der Waals surface area (Å²) in [5, 5.41) is 9.51. The van der Waals surface area contributed by atoms with Crippen molar-refractivity contribution in [2.24, 2.45) is 4.99 Å². The maximum absolute atomic E-state index is 14.6. The lowest BCUT2D eigenvalue weighted by Crippen LogP contribution is -2.49. The SMILES string of the molecule is C=CN=C(C)C(/C(=C\C)c1ccccc1F)=C(\C)N1CCN(C(=O)OC(C)(C)C)CC1.CCCc1ncc(C#N)s1. The molecule has 1 fully saturated rings. The second-order valence-corrected chi connectivity index (χ2v) is 11.6. The minimum atomic E-state index is -0.518. The molecule has 0 radical (unpaired) electrons. The molecule has 1 aliphatic heterocycles. The van der Waals surface area contributed by atoms with Crippen molar-refractivity contribution in [2.75, 3.05) is 26.2 Å². The monoisotopic (exact) mass is 579 g/mol. The fourth-order valence-electron chi connectivity index (χ4n) is 4.37. The van der Waals surface area contributed by atoms with E-state index in [4.69, 9.17) is 10.00 Å². The van der Waals surface area contributed by atoms with E-state index in [0.717, 1.165) is 40.4 Å². The normalized spacial score (nSPS) is 14.9. The smallest absolute Gasteiger partial charge is 0.410 e. The molecule has 0 spiro atoms. The van der Waals surface area contributed by atoms with Crippen molar-refractivity contribution in [3.05, 3.63) is 81.9 Å². The molecule has 2 heterocycles. The Balaban J connectivity index is 0.000000493. The number of halogens is 1. The van der Waals surface area contributed by atoms with E-state index < -0.39 is 5.60 Å². The van der Waals surface area contributed by atoms with E-state index in [1.165, 1.54) is 23.6 Å². The van der Waals surface area contributed by atoms with Gasteiger partial charge >= 0.3 is 6.09 Å². The number of allylic oxidation sites excluding steroid dienone is 4. The third kappa shape index (κ3) is 9.98. The Bertz CT molecular complexity index is 1320. The second-order valence-electron chi connectivity index (χ2n) is 10.5. The van der Waals surface area contributed by atoms with Gasteiger partial charge in [0, 0.05) is 54.9 Å². The van der Waals surface area contributed by atoms with Crippen LogP contribution in [0.15, 0.2) is 65.6 Å². The van der Waals surface area contributed by atoms with Crippen LogP contribution in [0.1, 0.15) is 70.3 Å². The zero-order valence-electron chi connectivity index (χ0n) is 25.3. The van der Waals surface area contributed by atoms with E-state index in [0.29, 0.717) is 36.6 Å². The van der Waals surface area contributed by atoms with E-state index in [-0.39, 0.29) is 11.9 Å². The van der Waals surface area contributed by atoms with Gasteiger partial charge in [-0.25, -0.2) is 14.2 Å². The van der Waals surface area contributed by atoms with Crippen molar-refractivity contribution in [1.82, 2.24) is 14.8 Å². The minimum Gasteiger partial charge on any atom is -0.444 e. The molecule has 1 saturated heterocycles. The fourth-order valence-corrected chi connectivity index (χ4v) is 5.18. The number of thiazole rings is 1. The van der Waals surface area contributed by atoms with E-state index in [2.05, 4.69) is 34.4 Å². The van der Waals surface area contributed by atoms with Crippen molar-refractivity contribution in [3.63, 3.8) is 0 Å². The van der Waals surface area contributed by atoms with Gasteiger partial charge in [-0.05, 0) is 66.0 Å². The summed E-state index contributed by atoms with van der Waals surface area (Å²) in [7, 11) is 0. The highest BCUT2D eigenvalue weighted by Gasteiger charge is 2.27. The van der Waals surface area contributed by atoms with Crippen LogP contribution in [0.4, 0.5) is 9.18 Å². The summed E-state index contributed by atoms with van der Waals surface area (Å²) in [6.07, 6.45) is 6.84. The van der Waals surface area contributed by atoms with Crippen LogP contribution in [-0.4, -0.2) is 58.4 Å². The number of carbonyl (C=O) groups excluding carboxylic acids is 1. The number of aliphatic imine (C=N–C) groups is 1. The molecule has 0 bridgehead atoms. The first-order valence-corrected chi connectivity index (χ1v) is 14.6. The van der Waals surface area contributed by atoms with Crippen LogP contribution in [0.25, 0.3) is 5.57 Å². The molecule has 1 amide bonds. The van der Waals surface area contributed by atoms with Crippen LogP contribution >= 0.6 is 11.3 Å². The first-order valence-electron chi connectivity index (χ1n) is 13.8. The quantitative estimate of drug-likeness (QED) is 0.249. The van der Waals surface area contributed by atoms with E-state index >= 15 is 0 Å². The molecule has 1 aromatic carbocycles. The number of aryl methyl sites for hydroxylation is 1. The molecule has 0 saturated carbocycles. The fraction of sp³-hybridized carbons (Fsp3) is 0.438. The summed E-state index contributed by atoms with van der Waals surface area (Å²) in [5.74, 6) is -0.276. The molecule has 1 aliphatic rings. The lowest BCUT2D eigenvalue weighted by atomic mass is 9.92. The molecule has 2 aromatic rings.